The number of likely N-dealkylation sites (N-methyl/N-ethyl adjacent to an activating group) is 1. The summed E-state index contributed by atoms with van der Waals surface area (Å²) in [6, 6.07) is 10.2. The second kappa shape index (κ2) is 8.31. The highest BCUT2D eigenvalue weighted by atomic mass is 32.1. The van der Waals surface area contributed by atoms with Gasteiger partial charge in [0.1, 0.15) is 5.75 Å². The quantitative estimate of drug-likeness (QED) is 0.831. The SMILES string of the molecule is COc1cccc(CN(C)C(=O)CN[C@@H](C)c2cc(C)sc2C)c1. The van der Waals surface area contributed by atoms with Crippen molar-refractivity contribution in [2.75, 3.05) is 20.7 Å². The molecule has 0 unspecified atom stereocenters. The van der Waals surface area contributed by atoms with Gasteiger partial charge < -0.3 is 15.0 Å². The number of thiophene rings is 1. The van der Waals surface area contributed by atoms with Gasteiger partial charge in [0.2, 0.25) is 5.91 Å². The van der Waals surface area contributed by atoms with Crippen LogP contribution in [-0.2, 0) is 11.3 Å². The number of methoxy groups -OCH3 is 1. The Kier molecular flexibility index (Phi) is 6.40. The largest absolute Gasteiger partial charge is 0.497 e. The third-order valence-electron chi connectivity index (χ3n) is 4.09. The summed E-state index contributed by atoms with van der Waals surface area (Å²) in [5, 5.41) is 3.33. The van der Waals surface area contributed by atoms with Crippen molar-refractivity contribution >= 4 is 17.2 Å². The van der Waals surface area contributed by atoms with Crippen LogP contribution in [0.3, 0.4) is 0 Å². The normalized spacial score (nSPS) is 12.0. The summed E-state index contributed by atoms with van der Waals surface area (Å²) in [4.78, 5) is 16.7. The van der Waals surface area contributed by atoms with Crippen LogP contribution < -0.4 is 10.1 Å². The molecule has 1 aromatic heterocycles. The topological polar surface area (TPSA) is 41.6 Å². The van der Waals surface area contributed by atoms with Gasteiger partial charge in [0.05, 0.1) is 13.7 Å². The van der Waals surface area contributed by atoms with Crippen molar-refractivity contribution in [1.82, 2.24) is 10.2 Å². The van der Waals surface area contributed by atoms with E-state index in [4.69, 9.17) is 4.74 Å². The maximum absolute atomic E-state index is 12.4. The average Bonchev–Trinajstić information content (AvgIpc) is 2.90. The molecule has 130 valence electrons. The Bertz CT molecular complexity index is 696. The summed E-state index contributed by atoms with van der Waals surface area (Å²) in [6.07, 6.45) is 0. The number of nitrogens with zero attached hydrogens (tertiary/aromatic N) is 1. The molecule has 24 heavy (non-hydrogen) atoms. The van der Waals surface area contributed by atoms with Crippen molar-refractivity contribution < 1.29 is 9.53 Å². The highest BCUT2D eigenvalue weighted by Gasteiger charge is 2.14. The molecule has 0 fully saturated rings. The summed E-state index contributed by atoms with van der Waals surface area (Å²) in [6.45, 7) is 7.24. The molecular formula is C19H26N2O2S. The van der Waals surface area contributed by atoms with Crippen LogP contribution in [0, 0.1) is 13.8 Å². The zero-order chi connectivity index (χ0) is 17.7. The van der Waals surface area contributed by atoms with Gasteiger partial charge in [-0.1, -0.05) is 12.1 Å². The van der Waals surface area contributed by atoms with Crippen LogP contribution in [0.5, 0.6) is 5.75 Å². The number of carbonyl (C=O) groups is 1. The molecule has 0 radical (unpaired) electrons. The van der Waals surface area contributed by atoms with Gasteiger partial charge in [-0.15, -0.1) is 11.3 Å². The molecule has 1 N–H and O–H groups in total. The minimum absolute atomic E-state index is 0.0780. The van der Waals surface area contributed by atoms with E-state index in [1.54, 1.807) is 23.3 Å². The lowest BCUT2D eigenvalue weighted by molar-refractivity contribution is -0.129. The first-order valence-corrected chi connectivity index (χ1v) is 8.89. The van der Waals surface area contributed by atoms with Gasteiger partial charge in [-0.2, -0.15) is 0 Å². The number of hydrogen-bond donors (Lipinski definition) is 1. The van der Waals surface area contributed by atoms with E-state index in [9.17, 15) is 4.79 Å². The van der Waals surface area contributed by atoms with Crippen molar-refractivity contribution in [2.24, 2.45) is 0 Å². The smallest absolute Gasteiger partial charge is 0.236 e. The van der Waals surface area contributed by atoms with Crippen molar-refractivity contribution in [1.29, 1.82) is 0 Å². The minimum Gasteiger partial charge on any atom is -0.497 e. The Balaban J connectivity index is 1.88. The maximum Gasteiger partial charge on any atom is 0.236 e. The Morgan fingerprint density at radius 3 is 2.71 bits per heavy atom. The van der Waals surface area contributed by atoms with Crippen LogP contribution in [0.4, 0.5) is 0 Å². The van der Waals surface area contributed by atoms with Gasteiger partial charge in [0.25, 0.3) is 0 Å². The summed E-state index contributed by atoms with van der Waals surface area (Å²) >= 11 is 1.80. The number of carbonyl (C=O) groups excluding carboxylic acids is 1. The van der Waals surface area contributed by atoms with E-state index in [1.165, 1.54) is 15.3 Å². The van der Waals surface area contributed by atoms with E-state index in [0.717, 1.165) is 11.3 Å². The van der Waals surface area contributed by atoms with Crippen LogP contribution in [0.15, 0.2) is 30.3 Å². The second-order valence-electron chi connectivity index (χ2n) is 6.07. The lowest BCUT2D eigenvalue weighted by atomic mass is 10.1. The first-order valence-electron chi connectivity index (χ1n) is 8.08. The maximum atomic E-state index is 12.4. The molecule has 0 aliphatic rings. The van der Waals surface area contributed by atoms with Crippen molar-refractivity contribution in [3.8, 4) is 5.75 Å². The second-order valence-corrected chi connectivity index (χ2v) is 7.53. The van der Waals surface area contributed by atoms with Crippen LogP contribution >= 0.6 is 11.3 Å². The molecule has 0 aliphatic carbocycles. The third-order valence-corrected chi connectivity index (χ3v) is 5.07. The van der Waals surface area contributed by atoms with Crippen LogP contribution in [-0.4, -0.2) is 31.5 Å². The molecule has 1 atom stereocenters. The standard InChI is InChI=1S/C19H26N2O2S/c1-13-9-18(15(3)24-13)14(2)20-11-19(22)21(4)12-16-7-6-8-17(10-16)23-5/h6-10,14,20H,11-12H2,1-5H3/t14-/m0/s1. The van der Waals surface area contributed by atoms with E-state index < -0.39 is 0 Å². The predicted octanol–water partition coefficient (Wildman–Crippen LogP) is 3.68. The molecule has 0 saturated carbocycles. The van der Waals surface area contributed by atoms with Gasteiger partial charge in [-0.25, -0.2) is 0 Å². The van der Waals surface area contributed by atoms with Crippen LogP contribution in [0.25, 0.3) is 0 Å². The van der Waals surface area contributed by atoms with E-state index in [2.05, 4.69) is 32.2 Å². The molecule has 1 amide bonds. The first-order chi connectivity index (χ1) is 11.4. The molecule has 0 aliphatic heterocycles. The number of hydrogen-bond acceptors (Lipinski definition) is 4. The van der Waals surface area contributed by atoms with Crippen molar-refractivity contribution in [3.63, 3.8) is 0 Å². The number of aryl methyl sites for hydroxylation is 2. The number of ether oxygens (including phenoxy) is 1. The number of rotatable bonds is 7. The zero-order valence-electron chi connectivity index (χ0n) is 15.1. The third kappa shape index (κ3) is 4.82. The van der Waals surface area contributed by atoms with E-state index in [1.807, 2.05) is 31.3 Å². The Morgan fingerprint density at radius 2 is 2.08 bits per heavy atom. The van der Waals surface area contributed by atoms with E-state index in [0.29, 0.717) is 13.1 Å². The summed E-state index contributed by atoms with van der Waals surface area (Å²) in [5.41, 5.74) is 2.34. The minimum atomic E-state index is 0.0780. The van der Waals surface area contributed by atoms with Crippen molar-refractivity contribution in [2.45, 2.75) is 33.4 Å². The molecule has 5 heteroatoms. The molecule has 1 aromatic carbocycles. The monoisotopic (exact) mass is 346 g/mol. The fourth-order valence-electron chi connectivity index (χ4n) is 2.70. The highest BCUT2D eigenvalue weighted by molar-refractivity contribution is 7.12. The zero-order valence-corrected chi connectivity index (χ0v) is 15.9. The van der Waals surface area contributed by atoms with Gasteiger partial charge in [0.15, 0.2) is 0 Å². The van der Waals surface area contributed by atoms with Gasteiger partial charge in [-0.05, 0) is 50.1 Å². The van der Waals surface area contributed by atoms with Crippen LogP contribution in [0.1, 0.15) is 33.8 Å². The Morgan fingerprint density at radius 1 is 1.33 bits per heavy atom. The fourth-order valence-corrected chi connectivity index (χ4v) is 3.72. The summed E-state index contributed by atoms with van der Waals surface area (Å²) < 4.78 is 5.22. The lowest BCUT2D eigenvalue weighted by Gasteiger charge is -2.20. The summed E-state index contributed by atoms with van der Waals surface area (Å²) in [5.74, 6) is 0.887. The predicted molar refractivity (Wildman–Crippen MR) is 99.7 cm³/mol. The lowest BCUT2D eigenvalue weighted by Crippen LogP contribution is -2.36. The van der Waals surface area contributed by atoms with Gasteiger partial charge in [0, 0.05) is 29.4 Å². The Hall–Kier alpha value is -1.85. The van der Waals surface area contributed by atoms with Crippen LogP contribution in [0.2, 0.25) is 0 Å². The fraction of sp³-hybridized carbons (Fsp3) is 0.421. The number of nitrogens with one attached hydrogen (secondary N) is 1. The highest BCUT2D eigenvalue weighted by Crippen LogP contribution is 2.26. The molecule has 0 bridgehead atoms. The molecule has 0 saturated heterocycles. The molecule has 0 spiro atoms. The molecule has 4 nitrogen and oxygen atoms in total. The van der Waals surface area contributed by atoms with E-state index in [-0.39, 0.29) is 11.9 Å². The Labute approximate surface area is 148 Å². The molecule has 1 heterocycles. The first kappa shape index (κ1) is 18.5. The number of benzene rings is 1. The average molecular weight is 346 g/mol. The molecule has 2 rings (SSSR count). The summed E-state index contributed by atoms with van der Waals surface area (Å²) in [7, 11) is 3.47. The van der Waals surface area contributed by atoms with Crippen molar-refractivity contribution in [3.05, 3.63) is 51.2 Å². The van der Waals surface area contributed by atoms with Gasteiger partial charge in [-0.3, -0.25) is 4.79 Å². The molecular weight excluding hydrogens is 320 g/mol. The molecule has 2 aromatic rings. The van der Waals surface area contributed by atoms with E-state index >= 15 is 0 Å². The van der Waals surface area contributed by atoms with Gasteiger partial charge >= 0.3 is 0 Å². The number of amides is 1.